The largest absolute Gasteiger partial charge is 0.586 e. The van der Waals surface area contributed by atoms with Gasteiger partial charge < -0.3 is 14.8 Å². The number of nitrogens with one attached hydrogen (secondary N) is 1. The van der Waals surface area contributed by atoms with Crippen molar-refractivity contribution < 1.29 is 27.4 Å². The second-order valence-corrected chi connectivity index (χ2v) is 6.00. The Morgan fingerprint density at radius 3 is 2.33 bits per heavy atom. The molecule has 4 rings (SSSR count). The fourth-order valence-corrected chi connectivity index (χ4v) is 2.73. The number of rotatable bonds is 3. The maximum Gasteiger partial charge on any atom is 0.586 e. The van der Waals surface area contributed by atoms with E-state index in [0.717, 1.165) is 0 Å². The van der Waals surface area contributed by atoms with Gasteiger partial charge in [-0.1, -0.05) is 26.0 Å². The molecule has 1 N–H and O–H groups in total. The van der Waals surface area contributed by atoms with Gasteiger partial charge in [0.25, 0.3) is 5.91 Å². The normalized spacial score (nSPS) is 13.3. The fourth-order valence-electron chi connectivity index (χ4n) is 2.73. The first-order chi connectivity index (χ1) is 14.3. The molecule has 0 aliphatic carbocycles. The Morgan fingerprint density at radius 2 is 1.70 bits per heavy atom. The van der Waals surface area contributed by atoms with E-state index in [1.54, 1.807) is 13.0 Å². The number of amides is 1. The molecule has 0 fully saturated rings. The Balaban J connectivity index is 0.00000124. The van der Waals surface area contributed by atoms with Crippen molar-refractivity contribution >= 4 is 11.7 Å². The van der Waals surface area contributed by atoms with E-state index in [4.69, 9.17) is 0 Å². The standard InChI is InChI=1S/C19H12F3N3O3.C2H6/c1-10-6-15-16(28-19(21,22)27-15)7-12(10)14-8-24-17(9-23-14)25-18(26)11-4-2-3-5-13(11)20;1-2/h2-9H,1H3,(H,24,25,26);1-2H3. The summed E-state index contributed by atoms with van der Waals surface area (Å²) in [5.41, 5.74) is 1.39. The highest BCUT2D eigenvalue weighted by Crippen LogP contribution is 2.44. The number of benzene rings is 2. The molecule has 3 aromatic rings. The third kappa shape index (κ3) is 4.35. The van der Waals surface area contributed by atoms with Gasteiger partial charge in [0.1, 0.15) is 5.82 Å². The summed E-state index contributed by atoms with van der Waals surface area (Å²) in [7, 11) is 0. The van der Waals surface area contributed by atoms with Gasteiger partial charge >= 0.3 is 6.29 Å². The molecule has 9 heteroatoms. The van der Waals surface area contributed by atoms with E-state index in [9.17, 15) is 18.0 Å². The van der Waals surface area contributed by atoms with Crippen LogP contribution in [0.1, 0.15) is 29.8 Å². The van der Waals surface area contributed by atoms with Crippen molar-refractivity contribution in [3.05, 3.63) is 65.7 Å². The minimum Gasteiger partial charge on any atom is -0.395 e. The molecule has 0 unspecified atom stereocenters. The molecule has 30 heavy (non-hydrogen) atoms. The van der Waals surface area contributed by atoms with Crippen molar-refractivity contribution in [3.8, 4) is 22.8 Å². The second kappa shape index (κ2) is 8.40. The van der Waals surface area contributed by atoms with Crippen LogP contribution < -0.4 is 14.8 Å². The van der Waals surface area contributed by atoms with Crippen LogP contribution in [0.5, 0.6) is 11.5 Å². The first kappa shape index (κ1) is 21.1. The van der Waals surface area contributed by atoms with Crippen molar-refractivity contribution in [2.75, 3.05) is 5.32 Å². The van der Waals surface area contributed by atoms with E-state index in [0.29, 0.717) is 16.8 Å². The molecule has 0 saturated heterocycles. The molecule has 1 amide bonds. The SMILES string of the molecule is CC.Cc1cc2c(cc1-c1cnc(NC(=O)c3ccccc3F)cn1)OC(F)(F)O2. The zero-order valence-electron chi connectivity index (χ0n) is 16.4. The number of hydrogen-bond acceptors (Lipinski definition) is 5. The number of halogens is 3. The minimum atomic E-state index is -3.71. The van der Waals surface area contributed by atoms with Crippen LogP contribution in [0, 0.1) is 12.7 Å². The molecule has 0 bridgehead atoms. The smallest absolute Gasteiger partial charge is 0.395 e. The van der Waals surface area contributed by atoms with Gasteiger partial charge in [-0.15, -0.1) is 8.78 Å². The van der Waals surface area contributed by atoms with Crippen LogP contribution in [-0.4, -0.2) is 22.2 Å². The number of carbonyl (C=O) groups excluding carboxylic acids is 1. The molecule has 156 valence electrons. The quantitative estimate of drug-likeness (QED) is 0.635. The van der Waals surface area contributed by atoms with E-state index >= 15 is 0 Å². The summed E-state index contributed by atoms with van der Waals surface area (Å²) in [6.45, 7) is 5.70. The average Bonchev–Trinajstić information content (AvgIpc) is 3.02. The Hall–Kier alpha value is -3.62. The van der Waals surface area contributed by atoms with Crippen LogP contribution in [0.2, 0.25) is 0 Å². The first-order valence-electron chi connectivity index (χ1n) is 9.11. The minimum absolute atomic E-state index is 0.0621. The topological polar surface area (TPSA) is 73.3 Å². The Labute approximate surface area is 170 Å². The van der Waals surface area contributed by atoms with Gasteiger partial charge in [0.15, 0.2) is 17.3 Å². The zero-order valence-corrected chi connectivity index (χ0v) is 16.4. The molecule has 1 aliphatic rings. The Morgan fingerprint density at radius 1 is 1.03 bits per heavy atom. The molecule has 6 nitrogen and oxygen atoms in total. The lowest BCUT2D eigenvalue weighted by molar-refractivity contribution is -0.286. The molecule has 0 radical (unpaired) electrons. The fraction of sp³-hybridized carbons (Fsp3) is 0.190. The van der Waals surface area contributed by atoms with E-state index in [1.807, 2.05) is 13.8 Å². The Kier molecular flexibility index (Phi) is 5.91. The third-order valence-electron chi connectivity index (χ3n) is 4.04. The number of alkyl halides is 2. The lowest BCUT2D eigenvalue weighted by Gasteiger charge is -2.08. The van der Waals surface area contributed by atoms with Crippen LogP contribution in [0.15, 0.2) is 48.8 Å². The van der Waals surface area contributed by atoms with Gasteiger partial charge in [-0.05, 0) is 36.8 Å². The number of carbonyl (C=O) groups is 1. The predicted molar refractivity (Wildman–Crippen MR) is 104 cm³/mol. The van der Waals surface area contributed by atoms with Crippen LogP contribution in [0.4, 0.5) is 19.0 Å². The van der Waals surface area contributed by atoms with Gasteiger partial charge in [0, 0.05) is 5.56 Å². The number of anilines is 1. The van der Waals surface area contributed by atoms with Gasteiger partial charge in [-0.3, -0.25) is 9.78 Å². The van der Waals surface area contributed by atoms with Crippen molar-refractivity contribution in [3.63, 3.8) is 0 Å². The lowest BCUT2D eigenvalue weighted by Crippen LogP contribution is -2.25. The third-order valence-corrected chi connectivity index (χ3v) is 4.04. The first-order valence-corrected chi connectivity index (χ1v) is 9.11. The summed E-state index contributed by atoms with van der Waals surface area (Å²) >= 11 is 0. The van der Waals surface area contributed by atoms with Gasteiger partial charge in [0.05, 0.1) is 23.7 Å². The van der Waals surface area contributed by atoms with Crippen molar-refractivity contribution in [1.82, 2.24) is 9.97 Å². The van der Waals surface area contributed by atoms with Gasteiger partial charge in [-0.25, -0.2) is 9.37 Å². The summed E-state index contributed by atoms with van der Waals surface area (Å²) in [5.74, 6) is -1.38. The molecule has 1 aliphatic heterocycles. The molecule has 2 aromatic carbocycles. The molecule has 0 saturated carbocycles. The average molecular weight is 417 g/mol. The predicted octanol–water partition coefficient (Wildman–Crippen LogP) is 5.19. The molecule has 2 heterocycles. The highest BCUT2D eigenvalue weighted by atomic mass is 19.3. The van der Waals surface area contributed by atoms with Gasteiger partial charge in [0.2, 0.25) is 0 Å². The van der Waals surface area contributed by atoms with E-state index in [2.05, 4.69) is 24.8 Å². The number of nitrogens with zero attached hydrogens (tertiary/aromatic N) is 2. The summed E-state index contributed by atoms with van der Waals surface area (Å²) in [4.78, 5) is 20.4. The molecule has 1 aromatic heterocycles. The van der Waals surface area contributed by atoms with Crippen LogP contribution in [0.3, 0.4) is 0 Å². The van der Waals surface area contributed by atoms with Crippen molar-refractivity contribution in [2.45, 2.75) is 27.1 Å². The number of aromatic nitrogens is 2. The molecule has 0 spiro atoms. The highest BCUT2D eigenvalue weighted by Gasteiger charge is 2.43. The van der Waals surface area contributed by atoms with Crippen LogP contribution >= 0.6 is 0 Å². The molecular weight excluding hydrogens is 399 g/mol. The van der Waals surface area contributed by atoms with E-state index in [1.165, 1.54) is 42.7 Å². The zero-order chi connectivity index (χ0) is 21.9. The Bertz CT molecular complexity index is 1070. The lowest BCUT2D eigenvalue weighted by atomic mass is 10.1. The monoisotopic (exact) mass is 417 g/mol. The second-order valence-electron chi connectivity index (χ2n) is 6.00. The molecular formula is C21H18F3N3O3. The van der Waals surface area contributed by atoms with Crippen LogP contribution in [-0.2, 0) is 0 Å². The van der Waals surface area contributed by atoms with Crippen molar-refractivity contribution in [1.29, 1.82) is 0 Å². The van der Waals surface area contributed by atoms with Crippen molar-refractivity contribution in [2.24, 2.45) is 0 Å². The van der Waals surface area contributed by atoms with Crippen LogP contribution in [0.25, 0.3) is 11.3 Å². The number of aryl methyl sites for hydroxylation is 1. The summed E-state index contributed by atoms with van der Waals surface area (Å²) < 4.78 is 48.9. The summed E-state index contributed by atoms with van der Waals surface area (Å²) in [6, 6.07) is 8.34. The summed E-state index contributed by atoms with van der Waals surface area (Å²) in [6.07, 6.45) is -1.06. The maximum absolute atomic E-state index is 13.7. The number of hydrogen-bond donors (Lipinski definition) is 1. The maximum atomic E-state index is 13.7. The number of ether oxygens (including phenoxy) is 2. The van der Waals surface area contributed by atoms with Gasteiger partial charge in [-0.2, -0.15) is 0 Å². The number of fused-ring (bicyclic) bond motifs is 1. The van der Waals surface area contributed by atoms with E-state index in [-0.39, 0.29) is 22.9 Å². The van der Waals surface area contributed by atoms with E-state index < -0.39 is 18.0 Å². The summed E-state index contributed by atoms with van der Waals surface area (Å²) in [5, 5.41) is 2.45. The molecule has 0 atom stereocenters. The highest BCUT2D eigenvalue weighted by molar-refractivity contribution is 6.03.